The first-order valence-corrected chi connectivity index (χ1v) is 14.2. The number of allylic oxidation sites excluding steroid dienone is 6. The molecular formula is C30H53NO7. The predicted octanol–water partition coefficient (Wildman–Crippen LogP) is 4.08. The maximum Gasteiger partial charge on any atom is 0.305 e. The minimum atomic E-state index is -1.58. The maximum absolute atomic E-state index is 11.9. The molecule has 0 saturated carbocycles. The van der Waals surface area contributed by atoms with E-state index < -0.39 is 18.4 Å². The molecule has 220 valence electrons. The van der Waals surface area contributed by atoms with Crippen LogP contribution in [0.3, 0.4) is 0 Å². The van der Waals surface area contributed by atoms with Crippen molar-refractivity contribution in [2.45, 2.75) is 96.4 Å². The molecule has 1 N–H and O–H groups in total. The molecule has 0 aliphatic heterocycles. The van der Waals surface area contributed by atoms with E-state index in [4.69, 9.17) is 14.2 Å². The summed E-state index contributed by atoms with van der Waals surface area (Å²) in [6.07, 6.45) is 22.8. The van der Waals surface area contributed by atoms with Gasteiger partial charge in [0, 0.05) is 6.42 Å². The van der Waals surface area contributed by atoms with Crippen LogP contribution in [0.25, 0.3) is 0 Å². The van der Waals surface area contributed by atoms with E-state index in [-0.39, 0.29) is 25.8 Å². The summed E-state index contributed by atoms with van der Waals surface area (Å²) >= 11 is 0. The average Bonchev–Trinajstić information content (AvgIpc) is 2.85. The lowest BCUT2D eigenvalue weighted by molar-refractivity contribution is -0.870. The van der Waals surface area contributed by atoms with Crippen LogP contribution in [0.1, 0.15) is 84.0 Å². The molecule has 0 aromatic heterocycles. The van der Waals surface area contributed by atoms with Crippen molar-refractivity contribution in [1.29, 1.82) is 0 Å². The summed E-state index contributed by atoms with van der Waals surface area (Å²) in [5.41, 5.74) is 0. The van der Waals surface area contributed by atoms with Crippen LogP contribution in [-0.2, 0) is 23.8 Å². The Hall–Kier alpha value is -2.00. The van der Waals surface area contributed by atoms with Crippen LogP contribution in [-0.4, -0.2) is 81.4 Å². The second kappa shape index (κ2) is 24.1. The monoisotopic (exact) mass is 539 g/mol. The van der Waals surface area contributed by atoms with Gasteiger partial charge in [-0.2, -0.15) is 0 Å². The highest BCUT2D eigenvalue weighted by Gasteiger charge is 2.17. The molecule has 38 heavy (non-hydrogen) atoms. The van der Waals surface area contributed by atoms with E-state index in [1.807, 2.05) is 21.1 Å². The molecule has 0 aromatic carbocycles. The Morgan fingerprint density at radius 1 is 0.816 bits per heavy atom. The van der Waals surface area contributed by atoms with Crippen molar-refractivity contribution in [3.63, 3.8) is 0 Å². The van der Waals surface area contributed by atoms with E-state index in [1.54, 1.807) is 0 Å². The van der Waals surface area contributed by atoms with Crippen molar-refractivity contribution in [2.24, 2.45) is 0 Å². The van der Waals surface area contributed by atoms with Gasteiger partial charge in [-0.25, -0.2) is 0 Å². The van der Waals surface area contributed by atoms with Crippen molar-refractivity contribution in [3.8, 4) is 0 Å². The highest BCUT2D eigenvalue weighted by atomic mass is 16.7. The molecule has 0 aliphatic rings. The van der Waals surface area contributed by atoms with Crippen LogP contribution >= 0.6 is 0 Å². The number of aliphatic hydroxyl groups is 1. The van der Waals surface area contributed by atoms with Crippen LogP contribution in [0.4, 0.5) is 0 Å². The van der Waals surface area contributed by atoms with Crippen LogP contribution < -0.4 is 5.11 Å². The van der Waals surface area contributed by atoms with Crippen LogP contribution in [0.2, 0.25) is 0 Å². The first kappa shape index (κ1) is 36.0. The van der Waals surface area contributed by atoms with Gasteiger partial charge in [-0.1, -0.05) is 75.5 Å². The lowest BCUT2D eigenvalue weighted by Gasteiger charge is -2.26. The molecule has 0 fully saturated rings. The number of carbonyl (C=O) groups excluding carboxylic acids is 2. The van der Waals surface area contributed by atoms with Gasteiger partial charge in [0.25, 0.3) is 0 Å². The van der Waals surface area contributed by atoms with Gasteiger partial charge in [0.2, 0.25) is 0 Å². The fourth-order valence-corrected chi connectivity index (χ4v) is 3.37. The highest BCUT2D eigenvalue weighted by Crippen LogP contribution is 2.11. The number of carboxylic acid groups (broad SMARTS) is 1. The molecule has 0 rings (SSSR count). The average molecular weight is 540 g/mol. The van der Waals surface area contributed by atoms with E-state index in [1.165, 1.54) is 25.7 Å². The molecule has 2 unspecified atom stereocenters. The van der Waals surface area contributed by atoms with E-state index in [0.29, 0.717) is 17.4 Å². The van der Waals surface area contributed by atoms with Gasteiger partial charge in [0.1, 0.15) is 19.3 Å². The zero-order valence-electron chi connectivity index (χ0n) is 24.3. The van der Waals surface area contributed by atoms with Gasteiger partial charge >= 0.3 is 5.97 Å². The van der Waals surface area contributed by atoms with E-state index in [2.05, 4.69) is 43.4 Å². The molecule has 0 aromatic rings. The molecule has 0 spiro atoms. The largest absolute Gasteiger partial charge is 0.545 e. The molecule has 0 bridgehead atoms. The normalized spacial score (nSPS) is 14.0. The first-order valence-electron chi connectivity index (χ1n) is 14.2. The van der Waals surface area contributed by atoms with Gasteiger partial charge in [0.05, 0.1) is 40.3 Å². The number of unbranched alkanes of at least 4 members (excludes halogenated alkanes) is 7. The number of carboxylic acids is 1. The van der Waals surface area contributed by atoms with Crippen molar-refractivity contribution >= 4 is 11.9 Å². The summed E-state index contributed by atoms with van der Waals surface area (Å²) in [5, 5.41) is 21.0. The number of hydrogen-bond donors (Lipinski definition) is 1. The minimum absolute atomic E-state index is 0.167. The number of aliphatic hydroxyl groups excluding tert-OH is 1. The molecule has 8 heteroatoms. The van der Waals surface area contributed by atoms with Crippen LogP contribution in [0.5, 0.6) is 0 Å². The van der Waals surface area contributed by atoms with Gasteiger partial charge in [-0.3, -0.25) is 4.79 Å². The third-order valence-electron chi connectivity index (χ3n) is 5.63. The SMILES string of the molecule is CC/C=C\C/C=C\C/C=C\CCCCCCCCCC(=O)OCC(O)COC(OCC[N+](C)(C)C)C(=O)[O-]. The molecule has 8 nitrogen and oxygen atoms in total. The number of esters is 1. The van der Waals surface area contributed by atoms with Crippen molar-refractivity contribution in [1.82, 2.24) is 0 Å². The number of carbonyl (C=O) groups is 2. The Balaban J connectivity index is 3.67. The fraction of sp³-hybridized carbons (Fsp3) is 0.733. The number of hydrogen-bond acceptors (Lipinski definition) is 7. The molecule has 0 saturated heterocycles. The Morgan fingerprint density at radius 3 is 2.00 bits per heavy atom. The van der Waals surface area contributed by atoms with E-state index >= 15 is 0 Å². The zero-order valence-corrected chi connectivity index (χ0v) is 24.3. The Kier molecular flexibility index (Phi) is 22.8. The van der Waals surface area contributed by atoms with Crippen molar-refractivity contribution in [3.05, 3.63) is 36.5 Å². The molecule has 0 amide bonds. The fourth-order valence-electron chi connectivity index (χ4n) is 3.37. The molecule has 0 heterocycles. The maximum atomic E-state index is 11.9. The summed E-state index contributed by atoms with van der Waals surface area (Å²) in [7, 11) is 5.85. The number of nitrogens with zero attached hydrogens (tertiary/aromatic N) is 1. The summed E-state index contributed by atoms with van der Waals surface area (Å²) in [6, 6.07) is 0. The molecule has 0 aliphatic carbocycles. The zero-order chi connectivity index (χ0) is 28.5. The van der Waals surface area contributed by atoms with Crippen LogP contribution in [0.15, 0.2) is 36.5 Å². The number of rotatable bonds is 25. The summed E-state index contributed by atoms with van der Waals surface area (Å²) < 4.78 is 15.9. The van der Waals surface area contributed by atoms with Crippen molar-refractivity contribution in [2.75, 3.05) is 47.5 Å². The molecule has 0 radical (unpaired) electrons. The number of ether oxygens (including phenoxy) is 3. The first-order chi connectivity index (χ1) is 18.2. The Labute approximate surface area is 230 Å². The topological polar surface area (TPSA) is 105 Å². The summed E-state index contributed by atoms with van der Waals surface area (Å²) in [5.74, 6) is -1.89. The smallest absolute Gasteiger partial charge is 0.305 e. The van der Waals surface area contributed by atoms with Gasteiger partial charge in [-0.15, -0.1) is 0 Å². The minimum Gasteiger partial charge on any atom is -0.545 e. The Bertz CT molecular complexity index is 683. The van der Waals surface area contributed by atoms with E-state index in [0.717, 1.165) is 44.9 Å². The van der Waals surface area contributed by atoms with Crippen LogP contribution in [0, 0.1) is 0 Å². The van der Waals surface area contributed by atoms with Gasteiger partial charge < -0.3 is 33.7 Å². The van der Waals surface area contributed by atoms with Gasteiger partial charge in [0.15, 0.2) is 6.29 Å². The highest BCUT2D eigenvalue weighted by molar-refractivity contribution is 5.69. The summed E-state index contributed by atoms with van der Waals surface area (Å²) in [4.78, 5) is 23.0. The number of likely N-dealkylation sites (N-methyl/N-ethyl adjacent to an activating group) is 1. The number of aliphatic carboxylic acids is 1. The molecular weight excluding hydrogens is 486 g/mol. The lowest BCUT2D eigenvalue weighted by Crippen LogP contribution is -2.44. The van der Waals surface area contributed by atoms with Crippen molar-refractivity contribution < 1.29 is 38.5 Å². The standard InChI is InChI=1S/C30H53NO7/c1-5-6-7-8-9-10-11-12-13-14-15-16-17-18-19-20-21-22-28(33)37-25-27(32)26-38-30(29(34)35)36-24-23-31(2,3)4/h6-7,9-10,12-13,27,30,32H,5,8,11,14-26H2,1-4H3/b7-6-,10-9-,13-12-. The van der Waals surface area contributed by atoms with Gasteiger partial charge in [-0.05, 0) is 38.5 Å². The third-order valence-corrected chi connectivity index (χ3v) is 5.63. The lowest BCUT2D eigenvalue weighted by atomic mass is 10.1. The second-order valence-corrected chi connectivity index (χ2v) is 10.5. The summed E-state index contributed by atoms with van der Waals surface area (Å²) in [6.45, 7) is 2.31. The third kappa shape index (κ3) is 25.6. The number of quaternary nitrogens is 1. The second-order valence-electron chi connectivity index (χ2n) is 10.5. The Morgan fingerprint density at radius 2 is 1.39 bits per heavy atom. The van der Waals surface area contributed by atoms with E-state index in [9.17, 15) is 19.8 Å². The predicted molar refractivity (Wildman–Crippen MR) is 149 cm³/mol. The quantitative estimate of drug-likeness (QED) is 0.0613. The molecule has 2 atom stereocenters.